The van der Waals surface area contributed by atoms with Crippen LogP contribution in [0.4, 0.5) is 0 Å². The van der Waals surface area contributed by atoms with Crippen LogP contribution in [-0.4, -0.2) is 42.0 Å². The van der Waals surface area contributed by atoms with Gasteiger partial charge >= 0.3 is 5.97 Å². The fraction of sp³-hybridized carbons (Fsp3) is 0.750. The van der Waals surface area contributed by atoms with Gasteiger partial charge in [0, 0.05) is 5.92 Å². The minimum Gasteiger partial charge on any atom is -0.480 e. The summed E-state index contributed by atoms with van der Waals surface area (Å²) in [4.78, 5) is 33.8. The second kappa shape index (κ2) is 5.16. The SMILES string of the molecule is NC(=O)C[C@H](NC(=O)C1CC12CCNCC2)C(=O)O. The molecule has 0 radical (unpaired) electrons. The summed E-state index contributed by atoms with van der Waals surface area (Å²) in [6.07, 6.45) is 2.32. The van der Waals surface area contributed by atoms with Crippen LogP contribution in [0.5, 0.6) is 0 Å². The molecule has 7 heteroatoms. The first-order valence-corrected chi connectivity index (χ1v) is 6.47. The van der Waals surface area contributed by atoms with Crippen molar-refractivity contribution in [2.24, 2.45) is 17.1 Å². The molecule has 0 aromatic heterocycles. The van der Waals surface area contributed by atoms with E-state index in [2.05, 4.69) is 10.6 Å². The maximum atomic E-state index is 12.0. The van der Waals surface area contributed by atoms with Crippen LogP contribution in [0.15, 0.2) is 0 Å². The quantitative estimate of drug-likeness (QED) is 0.500. The highest BCUT2D eigenvalue weighted by Gasteiger charge is 2.57. The third kappa shape index (κ3) is 3.04. The van der Waals surface area contributed by atoms with E-state index in [4.69, 9.17) is 10.8 Å². The van der Waals surface area contributed by atoms with Crippen molar-refractivity contribution in [2.75, 3.05) is 13.1 Å². The van der Waals surface area contributed by atoms with Crippen molar-refractivity contribution in [1.29, 1.82) is 0 Å². The number of carbonyl (C=O) groups excluding carboxylic acids is 2. The molecule has 5 N–H and O–H groups in total. The zero-order valence-corrected chi connectivity index (χ0v) is 10.6. The molecule has 1 spiro atoms. The molecule has 1 aliphatic carbocycles. The monoisotopic (exact) mass is 269 g/mol. The van der Waals surface area contributed by atoms with Crippen molar-refractivity contribution in [3.63, 3.8) is 0 Å². The number of amides is 2. The summed E-state index contributed by atoms with van der Waals surface area (Å²) in [5.41, 5.74) is 5.02. The fourth-order valence-corrected chi connectivity index (χ4v) is 2.87. The standard InChI is InChI=1S/C12H19N3O4/c13-9(16)5-8(11(18)19)15-10(17)7-6-12(7)1-3-14-4-2-12/h7-8,14H,1-6H2,(H2,13,16)(H,15,17)(H,18,19)/t7?,8-/m0/s1. The summed E-state index contributed by atoms with van der Waals surface area (Å²) < 4.78 is 0. The number of hydrogen-bond donors (Lipinski definition) is 4. The number of hydrogen-bond acceptors (Lipinski definition) is 4. The van der Waals surface area contributed by atoms with E-state index in [0.29, 0.717) is 0 Å². The first-order chi connectivity index (χ1) is 8.94. The minimum atomic E-state index is -1.23. The van der Waals surface area contributed by atoms with Crippen LogP contribution in [0.2, 0.25) is 0 Å². The number of aliphatic carboxylic acids is 1. The molecule has 0 bridgehead atoms. The molecule has 1 saturated carbocycles. The van der Waals surface area contributed by atoms with Gasteiger partial charge in [-0.1, -0.05) is 0 Å². The minimum absolute atomic E-state index is 0.0467. The molecular weight excluding hydrogens is 250 g/mol. The van der Waals surface area contributed by atoms with Crippen molar-refractivity contribution in [2.45, 2.75) is 31.7 Å². The Hall–Kier alpha value is -1.63. The molecule has 0 aromatic rings. The molecule has 1 saturated heterocycles. The third-order valence-electron chi connectivity index (χ3n) is 4.13. The first kappa shape index (κ1) is 13.8. The van der Waals surface area contributed by atoms with E-state index in [9.17, 15) is 14.4 Å². The molecular formula is C12H19N3O4. The van der Waals surface area contributed by atoms with Gasteiger partial charge in [0.2, 0.25) is 11.8 Å². The van der Waals surface area contributed by atoms with Crippen molar-refractivity contribution >= 4 is 17.8 Å². The van der Waals surface area contributed by atoms with Gasteiger partial charge in [0.05, 0.1) is 6.42 Å². The molecule has 2 aliphatic rings. The van der Waals surface area contributed by atoms with E-state index in [-0.39, 0.29) is 23.7 Å². The lowest BCUT2D eigenvalue weighted by molar-refractivity contribution is -0.143. The average molecular weight is 269 g/mol. The fourth-order valence-electron chi connectivity index (χ4n) is 2.87. The van der Waals surface area contributed by atoms with Gasteiger partial charge in [-0.15, -0.1) is 0 Å². The summed E-state index contributed by atoms with van der Waals surface area (Å²) in [6, 6.07) is -1.22. The molecule has 2 amide bonds. The zero-order valence-electron chi connectivity index (χ0n) is 10.6. The Morgan fingerprint density at radius 2 is 2.00 bits per heavy atom. The number of piperidine rings is 1. The largest absolute Gasteiger partial charge is 0.480 e. The van der Waals surface area contributed by atoms with Gasteiger partial charge in [0.1, 0.15) is 6.04 Å². The lowest BCUT2D eigenvalue weighted by atomic mass is 9.91. The maximum Gasteiger partial charge on any atom is 0.326 e. The Kier molecular flexibility index (Phi) is 3.75. The van der Waals surface area contributed by atoms with E-state index in [1.807, 2.05) is 0 Å². The molecule has 0 aromatic carbocycles. The van der Waals surface area contributed by atoms with Crippen molar-refractivity contribution in [1.82, 2.24) is 10.6 Å². The highest BCUT2D eigenvalue weighted by molar-refractivity contribution is 5.90. The van der Waals surface area contributed by atoms with E-state index in [1.54, 1.807) is 0 Å². The molecule has 2 atom stereocenters. The molecule has 7 nitrogen and oxygen atoms in total. The van der Waals surface area contributed by atoms with E-state index in [0.717, 1.165) is 32.4 Å². The van der Waals surface area contributed by atoms with Gasteiger partial charge in [0.25, 0.3) is 0 Å². The van der Waals surface area contributed by atoms with Crippen molar-refractivity contribution in [3.05, 3.63) is 0 Å². The number of carboxylic acid groups (broad SMARTS) is 1. The molecule has 19 heavy (non-hydrogen) atoms. The predicted molar refractivity (Wildman–Crippen MR) is 66.0 cm³/mol. The number of nitrogens with two attached hydrogens (primary N) is 1. The van der Waals surface area contributed by atoms with Gasteiger partial charge in [-0.3, -0.25) is 9.59 Å². The van der Waals surface area contributed by atoms with Gasteiger partial charge in [-0.25, -0.2) is 4.79 Å². The van der Waals surface area contributed by atoms with E-state index in [1.165, 1.54) is 0 Å². The number of primary amides is 1. The average Bonchev–Trinajstić information content (AvgIpc) is 3.02. The molecule has 1 aliphatic heterocycles. The summed E-state index contributed by atoms with van der Waals surface area (Å²) in [5, 5.41) is 14.6. The molecule has 1 unspecified atom stereocenters. The second-order valence-electron chi connectivity index (χ2n) is 5.44. The molecule has 2 fully saturated rings. The Balaban J connectivity index is 1.90. The zero-order chi connectivity index (χ0) is 14.0. The van der Waals surface area contributed by atoms with Crippen LogP contribution < -0.4 is 16.4 Å². The van der Waals surface area contributed by atoms with Gasteiger partial charge < -0.3 is 21.5 Å². The van der Waals surface area contributed by atoms with E-state index < -0.39 is 17.9 Å². The van der Waals surface area contributed by atoms with E-state index >= 15 is 0 Å². The van der Waals surface area contributed by atoms with Gasteiger partial charge in [0.15, 0.2) is 0 Å². The lowest BCUT2D eigenvalue weighted by Gasteiger charge is -2.23. The Bertz CT molecular complexity index is 404. The predicted octanol–water partition coefficient (Wildman–Crippen LogP) is -1.18. The normalized spacial score (nSPS) is 25.6. The van der Waals surface area contributed by atoms with Gasteiger partial charge in [-0.05, 0) is 37.8 Å². The second-order valence-corrected chi connectivity index (χ2v) is 5.44. The van der Waals surface area contributed by atoms with Crippen LogP contribution in [0.25, 0.3) is 0 Å². The van der Waals surface area contributed by atoms with Crippen LogP contribution in [0, 0.1) is 11.3 Å². The lowest BCUT2D eigenvalue weighted by Crippen LogP contribution is -2.45. The maximum absolute atomic E-state index is 12.0. The van der Waals surface area contributed by atoms with Crippen LogP contribution in [0.3, 0.4) is 0 Å². The third-order valence-corrected chi connectivity index (χ3v) is 4.13. The molecule has 2 rings (SSSR count). The number of carboxylic acids is 1. The van der Waals surface area contributed by atoms with Crippen LogP contribution in [0.1, 0.15) is 25.7 Å². The highest BCUT2D eigenvalue weighted by atomic mass is 16.4. The molecule has 106 valence electrons. The van der Waals surface area contributed by atoms with Crippen molar-refractivity contribution < 1.29 is 19.5 Å². The summed E-state index contributed by atoms with van der Waals surface area (Å²) in [6.45, 7) is 1.79. The summed E-state index contributed by atoms with van der Waals surface area (Å²) in [5.74, 6) is -2.35. The Labute approximate surface area is 110 Å². The summed E-state index contributed by atoms with van der Waals surface area (Å²) in [7, 11) is 0. The first-order valence-electron chi connectivity index (χ1n) is 6.47. The summed E-state index contributed by atoms with van der Waals surface area (Å²) >= 11 is 0. The Morgan fingerprint density at radius 1 is 1.37 bits per heavy atom. The Morgan fingerprint density at radius 3 is 2.53 bits per heavy atom. The van der Waals surface area contributed by atoms with Crippen LogP contribution >= 0.6 is 0 Å². The smallest absolute Gasteiger partial charge is 0.326 e. The molecule has 1 heterocycles. The topological polar surface area (TPSA) is 122 Å². The number of rotatable bonds is 5. The number of carbonyl (C=O) groups is 3. The highest BCUT2D eigenvalue weighted by Crippen LogP contribution is 2.58. The number of nitrogens with one attached hydrogen (secondary N) is 2. The van der Waals surface area contributed by atoms with Crippen LogP contribution in [-0.2, 0) is 14.4 Å². The van der Waals surface area contributed by atoms with Crippen molar-refractivity contribution in [3.8, 4) is 0 Å². The van der Waals surface area contributed by atoms with Gasteiger partial charge in [-0.2, -0.15) is 0 Å².